The number of carbonyl (C=O) groups is 1. The van der Waals surface area contributed by atoms with Gasteiger partial charge in [0.25, 0.3) is 0 Å². The molecule has 0 saturated carbocycles. The number of piperazine rings is 1. The number of carbonyl (C=O) groups excluding carboxylic acids is 1. The van der Waals surface area contributed by atoms with Gasteiger partial charge in [0.1, 0.15) is 0 Å². The number of hydrogen-bond acceptors (Lipinski definition) is 3. The van der Waals surface area contributed by atoms with E-state index in [1.54, 1.807) is 4.90 Å². The van der Waals surface area contributed by atoms with Crippen LogP contribution in [0.4, 0.5) is 10.5 Å². The first-order valence-corrected chi connectivity index (χ1v) is 6.86. The van der Waals surface area contributed by atoms with E-state index in [-0.39, 0.29) is 12.1 Å². The molecule has 0 aromatic heterocycles. The van der Waals surface area contributed by atoms with Crippen molar-refractivity contribution in [3.63, 3.8) is 0 Å². The van der Waals surface area contributed by atoms with Gasteiger partial charge in [-0.2, -0.15) is 5.26 Å². The molecule has 0 aliphatic carbocycles. The van der Waals surface area contributed by atoms with E-state index in [1.165, 1.54) is 0 Å². The van der Waals surface area contributed by atoms with Gasteiger partial charge in [-0.05, 0) is 31.5 Å². The smallest absolute Gasteiger partial charge is 0.321 e. The summed E-state index contributed by atoms with van der Waals surface area (Å²) in [5, 5.41) is 11.8. The monoisotopic (exact) mass is 272 g/mol. The maximum atomic E-state index is 12.2. The zero-order chi connectivity index (χ0) is 14.5. The summed E-state index contributed by atoms with van der Waals surface area (Å²) < 4.78 is 0. The highest BCUT2D eigenvalue weighted by Crippen LogP contribution is 2.12. The number of urea groups is 1. The molecule has 5 heteroatoms. The number of hydrogen-bond donors (Lipinski definition) is 1. The molecular formula is C15H20N4O. The van der Waals surface area contributed by atoms with Crippen LogP contribution in [0, 0.1) is 18.3 Å². The summed E-state index contributed by atoms with van der Waals surface area (Å²) in [4.78, 5) is 16.0. The maximum absolute atomic E-state index is 12.2. The molecule has 1 heterocycles. The Morgan fingerprint density at radius 3 is 2.65 bits per heavy atom. The van der Waals surface area contributed by atoms with E-state index in [1.807, 2.05) is 38.1 Å². The number of nitrogens with zero attached hydrogens (tertiary/aromatic N) is 3. The second-order valence-corrected chi connectivity index (χ2v) is 5.13. The number of amides is 2. The maximum Gasteiger partial charge on any atom is 0.321 e. The van der Waals surface area contributed by atoms with Crippen molar-refractivity contribution in [2.24, 2.45) is 0 Å². The first kappa shape index (κ1) is 14.4. The summed E-state index contributed by atoms with van der Waals surface area (Å²) >= 11 is 0. The molecule has 1 aromatic rings. The van der Waals surface area contributed by atoms with Gasteiger partial charge in [-0.15, -0.1) is 0 Å². The van der Waals surface area contributed by atoms with E-state index < -0.39 is 0 Å². The topological polar surface area (TPSA) is 59.4 Å². The zero-order valence-corrected chi connectivity index (χ0v) is 12.0. The Morgan fingerprint density at radius 1 is 1.35 bits per heavy atom. The van der Waals surface area contributed by atoms with E-state index in [0.717, 1.165) is 24.3 Å². The Kier molecular flexibility index (Phi) is 4.59. The third-order valence-corrected chi connectivity index (χ3v) is 3.61. The number of nitriles is 1. The van der Waals surface area contributed by atoms with E-state index in [2.05, 4.69) is 16.3 Å². The number of aryl methyl sites for hydroxylation is 1. The van der Waals surface area contributed by atoms with E-state index in [4.69, 9.17) is 5.26 Å². The highest BCUT2D eigenvalue weighted by Gasteiger charge is 2.23. The van der Waals surface area contributed by atoms with Gasteiger partial charge in [0.05, 0.1) is 12.1 Å². The fraction of sp³-hybridized carbons (Fsp3) is 0.467. The van der Waals surface area contributed by atoms with Crippen molar-refractivity contribution in [1.82, 2.24) is 9.80 Å². The van der Waals surface area contributed by atoms with Crippen LogP contribution in [0.15, 0.2) is 24.3 Å². The molecule has 2 amide bonds. The second-order valence-electron chi connectivity index (χ2n) is 5.13. The Hall–Kier alpha value is -2.06. The molecule has 5 nitrogen and oxygen atoms in total. The minimum Gasteiger partial charge on any atom is -0.322 e. The van der Waals surface area contributed by atoms with Crippen molar-refractivity contribution in [3.8, 4) is 6.07 Å². The molecule has 0 spiro atoms. The Balaban J connectivity index is 1.88. The van der Waals surface area contributed by atoms with Gasteiger partial charge in [0, 0.05) is 31.9 Å². The summed E-state index contributed by atoms with van der Waals surface area (Å²) in [5.74, 6) is 0. The summed E-state index contributed by atoms with van der Waals surface area (Å²) in [5.41, 5.74) is 1.94. The van der Waals surface area contributed by atoms with Gasteiger partial charge in [-0.1, -0.05) is 12.1 Å². The van der Waals surface area contributed by atoms with E-state index >= 15 is 0 Å². The van der Waals surface area contributed by atoms with Crippen LogP contribution in [0.25, 0.3) is 0 Å². The van der Waals surface area contributed by atoms with Crippen molar-refractivity contribution < 1.29 is 4.79 Å². The Morgan fingerprint density at radius 2 is 2.05 bits per heavy atom. The van der Waals surface area contributed by atoms with Gasteiger partial charge in [-0.3, -0.25) is 4.90 Å². The van der Waals surface area contributed by atoms with Crippen molar-refractivity contribution in [2.45, 2.75) is 19.9 Å². The molecule has 1 fully saturated rings. The number of anilines is 1. The highest BCUT2D eigenvalue weighted by molar-refractivity contribution is 5.89. The third-order valence-electron chi connectivity index (χ3n) is 3.61. The fourth-order valence-corrected chi connectivity index (χ4v) is 2.32. The normalized spacial score (nSPS) is 17.4. The predicted molar refractivity (Wildman–Crippen MR) is 78.4 cm³/mol. The molecule has 1 N–H and O–H groups in total. The lowest BCUT2D eigenvalue weighted by molar-refractivity contribution is 0.135. The second kappa shape index (κ2) is 6.40. The molecule has 20 heavy (non-hydrogen) atoms. The molecule has 1 atom stereocenters. The third kappa shape index (κ3) is 3.49. The molecule has 0 radical (unpaired) electrons. The highest BCUT2D eigenvalue weighted by atomic mass is 16.2. The van der Waals surface area contributed by atoms with Crippen LogP contribution in [0.3, 0.4) is 0 Å². The van der Waals surface area contributed by atoms with Crippen molar-refractivity contribution in [1.29, 1.82) is 5.26 Å². The SMILES string of the molecule is Cc1cccc(NC(=O)N2CCN(C(C)C#N)CC2)c1. The van der Waals surface area contributed by atoms with Gasteiger partial charge in [0.2, 0.25) is 0 Å². The average Bonchev–Trinajstić information content (AvgIpc) is 2.46. The minimum absolute atomic E-state index is 0.0696. The first-order valence-electron chi connectivity index (χ1n) is 6.86. The quantitative estimate of drug-likeness (QED) is 0.896. The molecule has 1 aromatic carbocycles. The zero-order valence-electron chi connectivity index (χ0n) is 12.0. The van der Waals surface area contributed by atoms with Crippen molar-refractivity contribution >= 4 is 11.7 Å². The number of benzene rings is 1. The van der Waals surface area contributed by atoms with E-state index in [0.29, 0.717) is 13.1 Å². The van der Waals surface area contributed by atoms with Gasteiger partial charge >= 0.3 is 6.03 Å². The van der Waals surface area contributed by atoms with Crippen LogP contribution in [-0.4, -0.2) is 48.1 Å². The van der Waals surface area contributed by atoms with Crippen LogP contribution < -0.4 is 5.32 Å². The predicted octanol–water partition coefficient (Wildman–Crippen LogP) is 2.06. The van der Waals surface area contributed by atoms with Gasteiger partial charge in [0.15, 0.2) is 0 Å². The molecule has 1 saturated heterocycles. The average molecular weight is 272 g/mol. The molecule has 2 rings (SSSR count). The van der Waals surface area contributed by atoms with Crippen molar-refractivity contribution in [3.05, 3.63) is 29.8 Å². The largest absolute Gasteiger partial charge is 0.322 e. The Labute approximate surface area is 119 Å². The van der Waals surface area contributed by atoms with Crippen LogP contribution >= 0.6 is 0 Å². The van der Waals surface area contributed by atoms with Crippen LogP contribution in [0.5, 0.6) is 0 Å². The summed E-state index contributed by atoms with van der Waals surface area (Å²) in [6, 6.07) is 9.84. The lowest BCUT2D eigenvalue weighted by atomic mass is 10.2. The summed E-state index contributed by atoms with van der Waals surface area (Å²) in [7, 11) is 0. The standard InChI is InChI=1S/C15H20N4O/c1-12-4-3-5-14(10-12)17-15(20)19-8-6-18(7-9-19)13(2)11-16/h3-5,10,13H,6-9H2,1-2H3,(H,17,20). The molecule has 1 unspecified atom stereocenters. The lowest BCUT2D eigenvalue weighted by Crippen LogP contribution is -2.52. The summed E-state index contributed by atoms with van der Waals surface area (Å²) in [6.07, 6.45) is 0. The first-order chi connectivity index (χ1) is 9.60. The van der Waals surface area contributed by atoms with Gasteiger partial charge < -0.3 is 10.2 Å². The molecule has 1 aliphatic heterocycles. The fourth-order valence-electron chi connectivity index (χ4n) is 2.32. The lowest BCUT2D eigenvalue weighted by Gasteiger charge is -2.35. The van der Waals surface area contributed by atoms with Crippen LogP contribution in [-0.2, 0) is 0 Å². The molecule has 106 valence electrons. The number of nitrogens with one attached hydrogen (secondary N) is 1. The number of rotatable bonds is 2. The van der Waals surface area contributed by atoms with Gasteiger partial charge in [-0.25, -0.2) is 4.79 Å². The minimum atomic E-state index is -0.0861. The van der Waals surface area contributed by atoms with Crippen LogP contribution in [0.2, 0.25) is 0 Å². The molecular weight excluding hydrogens is 252 g/mol. The Bertz CT molecular complexity index is 515. The van der Waals surface area contributed by atoms with E-state index in [9.17, 15) is 4.79 Å². The summed E-state index contributed by atoms with van der Waals surface area (Å²) in [6.45, 7) is 6.69. The van der Waals surface area contributed by atoms with Crippen LogP contribution in [0.1, 0.15) is 12.5 Å². The molecule has 0 bridgehead atoms. The molecule has 1 aliphatic rings. The van der Waals surface area contributed by atoms with Crippen molar-refractivity contribution in [2.75, 3.05) is 31.5 Å².